The van der Waals surface area contributed by atoms with E-state index >= 15 is 0 Å². The Hall–Kier alpha value is -2.81. The Bertz CT molecular complexity index is 761. The second kappa shape index (κ2) is 8.05. The second-order valence-corrected chi connectivity index (χ2v) is 6.68. The Kier molecular flexibility index (Phi) is 5.57. The highest BCUT2D eigenvalue weighted by atomic mass is 16.6. The molecule has 1 fully saturated rings. The van der Waals surface area contributed by atoms with Gasteiger partial charge in [0, 0.05) is 25.0 Å². The third-order valence-electron chi connectivity index (χ3n) is 4.74. The van der Waals surface area contributed by atoms with Crippen molar-refractivity contribution in [3.05, 3.63) is 45.9 Å². The summed E-state index contributed by atoms with van der Waals surface area (Å²) in [5, 5.41) is 14.5. The van der Waals surface area contributed by atoms with Crippen LogP contribution in [0.15, 0.2) is 24.5 Å². The smallest absolute Gasteiger partial charge is 0.332 e. The van der Waals surface area contributed by atoms with Crippen molar-refractivity contribution < 1.29 is 4.92 Å². The first kappa shape index (κ1) is 18.0. The molecule has 0 atom stereocenters. The zero-order chi connectivity index (χ0) is 18.5. The average Bonchev–Trinajstić information content (AvgIpc) is 2.62. The van der Waals surface area contributed by atoms with E-state index in [4.69, 9.17) is 11.5 Å². The number of nitro groups is 1. The molecule has 9 nitrogen and oxygen atoms in total. The number of hydrogen-bond donors (Lipinski definition) is 3. The van der Waals surface area contributed by atoms with Crippen molar-refractivity contribution in [3.63, 3.8) is 0 Å². The predicted octanol–water partition coefficient (Wildman–Crippen LogP) is 2.03. The number of nitrogens with two attached hydrogens (primary N) is 2. The lowest BCUT2D eigenvalue weighted by Crippen LogP contribution is -2.27. The molecule has 9 heteroatoms. The Morgan fingerprint density at radius 3 is 2.54 bits per heavy atom. The van der Waals surface area contributed by atoms with Crippen molar-refractivity contribution in [3.8, 4) is 0 Å². The summed E-state index contributed by atoms with van der Waals surface area (Å²) in [4.78, 5) is 23.3. The van der Waals surface area contributed by atoms with Gasteiger partial charge in [-0.15, -0.1) is 0 Å². The van der Waals surface area contributed by atoms with E-state index in [0.717, 1.165) is 31.2 Å². The summed E-state index contributed by atoms with van der Waals surface area (Å²) in [5.41, 5.74) is 13.0. The number of nitrogens with zero attached hydrogens (tertiary/aromatic N) is 4. The molecule has 3 rings (SSSR count). The third kappa shape index (κ3) is 4.42. The molecule has 138 valence electrons. The number of pyridine rings is 1. The van der Waals surface area contributed by atoms with Crippen LogP contribution in [0.3, 0.4) is 0 Å². The molecule has 0 saturated heterocycles. The molecule has 0 aliphatic heterocycles. The number of nitrogens with one attached hydrogen (secondary N) is 1. The summed E-state index contributed by atoms with van der Waals surface area (Å²) in [7, 11) is 0. The minimum absolute atomic E-state index is 0.107. The maximum atomic E-state index is 11.4. The molecule has 0 aromatic carbocycles. The first-order valence-electron chi connectivity index (χ1n) is 8.72. The molecule has 2 aromatic heterocycles. The lowest BCUT2D eigenvalue weighted by Gasteiger charge is -2.25. The van der Waals surface area contributed by atoms with E-state index in [-0.39, 0.29) is 17.5 Å². The Morgan fingerprint density at radius 1 is 1.19 bits per heavy atom. The third-order valence-corrected chi connectivity index (χ3v) is 4.74. The normalized spacial score (nSPS) is 19.9. The summed E-state index contributed by atoms with van der Waals surface area (Å²) in [6, 6.07) is 3.97. The first-order valence-corrected chi connectivity index (χ1v) is 8.72. The van der Waals surface area contributed by atoms with Gasteiger partial charge in [-0.05, 0) is 55.7 Å². The molecule has 0 bridgehead atoms. The van der Waals surface area contributed by atoms with Gasteiger partial charge in [0.15, 0.2) is 0 Å². The fourth-order valence-corrected chi connectivity index (χ4v) is 3.29. The number of nitrogen functional groups attached to an aromatic ring is 1. The Balaban J connectivity index is 1.78. The van der Waals surface area contributed by atoms with E-state index in [0.29, 0.717) is 30.5 Å². The highest BCUT2D eigenvalue weighted by molar-refractivity contribution is 5.58. The molecular formula is C17H23N7O2. The van der Waals surface area contributed by atoms with Crippen LogP contribution in [0.25, 0.3) is 0 Å². The zero-order valence-electron chi connectivity index (χ0n) is 14.5. The number of aromatic nitrogens is 3. The molecule has 1 saturated carbocycles. The summed E-state index contributed by atoms with van der Waals surface area (Å²) in [6.07, 6.45) is 7.67. The lowest BCUT2D eigenvalue weighted by molar-refractivity contribution is -0.385. The van der Waals surface area contributed by atoms with Gasteiger partial charge in [0.05, 0.1) is 4.92 Å². The highest BCUT2D eigenvalue weighted by Gasteiger charge is 2.27. The van der Waals surface area contributed by atoms with Crippen molar-refractivity contribution in [1.29, 1.82) is 0 Å². The number of hydrogen-bond acceptors (Lipinski definition) is 8. The van der Waals surface area contributed by atoms with Crippen LogP contribution in [0, 0.1) is 16.0 Å². The molecule has 0 spiro atoms. The summed E-state index contributed by atoms with van der Waals surface area (Å²) in [6.45, 7) is 0.484. The lowest BCUT2D eigenvalue weighted by atomic mass is 9.83. The van der Waals surface area contributed by atoms with Gasteiger partial charge in [0.25, 0.3) is 0 Å². The van der Waals surface area contributed by atoms with Crippen LogP contribution in [0.4, 0.5) is 17.5 Å². The van der Waals surface area contributed by atoms with Crippen molar-refractivity contribution in [1.82, 2.24) is 15.0 Å². The van der Waals surface area contributed by atoms with Crippen LogP contribution in [-0.4, -0.2) is 25.9 Å². The van der Waals surface area contributed by atoms with E-state index in [1.165, 1.54) is 0 Å². The molecule has 0 amide bonds. The zero-order valence-corrected chi connectivity index (χ0v) is 14.5. The minimum Gasteiger partial charge on any atom is -0.378 e. The van der Waals surface area contributed by atoms with Crippen molar-refractivity contribution in [2.45, 2.75) is 44.7 Å². The van der Waals surface area contributed by atoms with Gasteiger partial charge in [0.1, 0.15) is 5.69 Å². The largest absolute Gasteiger partial charge is 0.378 e. The van der Waals surface area contributed by atoms with Gasteiger partial charge < -0.3 is 16.8 Å². The highest BCUT2D eigenvalue weighted by Crippen LogP contribution is 2.31. The molecule has 1 aliphatic carbocycles. The first-order chi connectivity index (χ1) is 12.5. The van der Waals surface area contributed by atoms with E-state index < -0.39 is 4.92 Å². The predicted molar refractivity (Wildman–Crippen MR) is 98.3 cm³/mol. The van der Waals surface area contributed by atoms with Gasteiger partial charge in [0.2, 0.25) is 11.8 Å². The summed E-state index contributed by atoms with van der Waals surface area (Å²) in [5.74, 6) is 0.521. The molecule has 2 aromatic rings. The fourth-order valence-electron chi connectivity index (χ4n) is 3.29. The fraction of sp³-hybridized carbons (Fsp3) is 0.471. The monoisotopic (exact) mass is 357 g/mol. The van der Waals surface area contributed by atoms with E-state index in [2.05, 4.69) is 20.3 Å². The molecule has 26 heavy (non-hydrogen) atoms. The SMILES string of the molecule is Nc1nc(NCc2ccncc2)nc(CC2CCC(N)CC2)c1[N+](=O)[O-]. The number of anilines is 2. The van der Waals surface area contributed by atoms with Crippen LogP contribution in [0.1, 0.15) is 36.9 Å². The molecule has 2 heterocycles. The molecular weight excluding hydrogens is 334 g/mol. The van der Waals surface area contributed by atoms with Crippen molar-refractivity contribution >= 4 is 17.5 Å². The van der Waals surface area contributed by atoms with Gasteiger partial charge >= 0.3 is 5.69 Å². The second-order valence-electron chi connectivity index (χ2n) is 6.68. The maximum absolute atomic E-state index is 11.4. The molecule has 0 radical (unpaired) electrons. The van der Waals surface area contributed by atoms with E-state index in [1.54, 1.807) is 12.4 Å². The maximum Gasteiger partial charge on any atom is 0.332 e. The van der Waals surface area contributed by atoms with Gasteiger partial charge in [-0.25, -0.2) is 4.98 Å². The van der Waals surface area contributed by atoms with Crippen LogP contribution < -0.4 is 16.8 Å². The average molecular weight is 357 g/mol. The summed E-state index contributed by atoms with van der Waals surface area (Å²) < 4.78 is 0. The number of rotatable bonds is 6. The van der Waals surface area contributed by atoms with Crippen molar-refractivity contribution in [2.75, 3.05) is 11.1 Å². The van der Waals surface area contributed by atoms with Crippen LogP contribution in [-0.2, 0) is 13.0 Å². The topological polar surface area (TPSA) is 146 Å². The molecule has 5 N–H and O–H groups in total. The van der Waals surface area contributed by atoms with Gasteiger partial charge in [-0.3, -0.25) is 15.1 Å². The molecule has 1 aliphatic rings. The minimum atomic E-state index is -0.494. The van der Waals surface area contributed by atoms with Crippen LogP contribution in [0.2, 0.25) is 0 Å². The van der Waals surface area contributed by atoms with Crippen LogP contribution in [0.5, 0.6) is 0 Å². The summed E-state index contributed by atoms with van der Waals surface area (Å²) >= 11 is 0. The van der Waals surface area contributed by atoms with E-state index in [9.17, 15) is 10.1 Å². The van der Waals surface area contributed by atoms with E-state index in [1.807, 2.05) is 12.1 Å². The Morgan fingerprint density at radius 2 is 1.88 bits per heavy atom. The standard InChI is InChI=1S/C17H23N7O2/c18-13-3-1-11(2-4-13)9-14-15(24(25)26)16(19)23-17(22-14)21-10-12-5-7-20-8-6-12/h5-8,11,13H,1-4,9-10,18H2,(H3,19,21,22,23). The Labute approximate surface area is 151 Å². The molecule has 0 unspecified atom stereocenters. The van der Waals surface area contributed by atoms with Gasteiger partial charge in [-0.1, -0.05) is 0 Å². The quantitative estimate of drug-likeness (QED) is 0.526. The van der Waals surface area contributed by atoms with Crippen LogP contribution >= 0.6 is 0 Å². The van der Waals surface area contributed by atoms with Crippen molar-refractivity contribution in [2.24, 2.45) is 11.7 Å². The van der Waals surface area contributed by atoms with Gasteiger partial charge in [-0.2, -0.15) is 4.98 Å².